The number of aromatic nitrogens is 1. The second-order valence-corrected chi connectivity index (χ2v) is 8.74. The predicted octanol–water partition coefficient (Wildman–Crippen LogP) is 3.75. The number of nitrogens with one attached hydrogen (secondary N) is 1. The van der Waals surface area contributed by atoms with Gasteiger partial charge in [-0.15, -0.1) is 0 Å². The molecule has 10 heteroatoms. The van der Waals surface area contributed by atoms with Crippen LogP contribution in [0.15, 0.2) is 24.4 Å². The van der Waals surface area contributed by atoms with Crippen molar-refractivity contribution >= 4 is 47.8 Å². The van der Waals surface area contributed by atoms with Crippen LogP contribution in [0.25, 0.3) is 10.9 Å². The Bertz CT molecular complexity index is 773. The number of anilines is 1. The number of benzene rings is 1. The topological polar surface area (TPSA) is 106 Å². The van der Waals surface area contributed by atoms with E-state index in [4.69, 9.17) is 30.8 Å². The van der Waals surface area contributed by atoms with Crippen LogP contribution in [0.5, 0.6) is 0 Å². The average molecular weight is 450 g/mol. The molecule has 0 unspecified atom stereocenters. The van der Waals surface area contributed by atoms with Gasteiger partial charge in [0.1, 0.15) is 0 Å². The van der Waals surface area contributed by atoms with E-state index in [-0.39, 0.29) is 0 Å². The number of hydrogen-bond acceptors (Lipinski definition) is 5. The number of halogens is 1. The highest BCUT2D eigenvalue weighted by Crippen LogP contribution is 2.28. The highest BCUT2D eigenvalue weighted by atomic mass is 35.5. The van der Waals surface area contributed by atoms with E-state index >= 15 is 0 Å². The number of phosphoric acid groups is 1. The molecule has 0 aliphatic carbocycles. The van der Waals surface area contributed by atoms with Gasteiger partial charge in [0.2, 0.25) is 0 Å². The summed E-state index contributed by atoms with van der Waals surface area (Å²) in [5.41, 5.74) is 3.30. The molecule has 0 saturated carbocycles. The SMILES string of the molecule is CCN(CC)CCSCCNc1c(C)cnc2ccc(Cl)cc12.O=P(O)(O)O. The van der Waals surface area contributed by atoms with Crippen LogP contribution in [0.1, 0.15) is 19.4 Å². The molecule has 2 rings (SSSR count). The molecule has 7 nitrogen and oxygen atoms in total. The van der Waals surface area contributed by atoms with Gasteiger partial charge in [-0.3, -0.25) is 4.98 Å². The van der Waals surface area contributed by atoms with Crippen molar-refractivity contribution in [1.29, 1.82) is 0 Å². The second-order valence-electron chi connectivity index (χ2n) is 6.06. The van der Waals surface area contributed by atoms with E-state index in [0.717, 1.165) is 52.6 Å². The predicted molar refractivity (Wildman–Crippen MR) is 119 cm³/mol. The van der Waals surface area contributed by atoms with Crippen LogP contribution in [0.3, 0.4) is 0 Å². The van der Waals surface area contributed by atoms with E-state index in [0.29, 0.717) is 0 Å². The standard InChI is InChI=1S/C18H26ClN3S.H3O4P/c1-4-22(5-2)9-11-23-10-8-20-18-14(3)13-21-17-7-6-15(19)12-16(17)18;1-5(2,3)4/h6-7,12-13H,4-5,8-11H2,1-3H3,(H,20,21);(H3,1,2,3,4). The first-order valence-corrected chi connectivity index (χ1v) is 12.1. The van der Waals surface area contributed by atoms with E-state index in [2.05, 4.69) is 36.0 Å². The van der Waals surface area contributed by atoms with Crippen molar-refractivity contribution in [3.05, 3.63) is 35.0 Å². The van der Waals surface area contributed by atoms with Gasteiger partial charge >= 0.3 is 7.82 Å². The monoisotopic (exact) mass is 449 g/mol. The fourth-order valence-electron chi connectivity index (χ4n) is 2.58. The molecule has 0 radical (unpaired) electrons. The number of hydrogen-bond donors (Lipinski definition) is 4. The van der Waals surface area contributed by atoms with Gasteiger partial charge in [0.25, 0.3) is 0 Å². The normalized spacial score (nSPS) is 11.4. The molecule has 0 aliphatic rings. The Balaban J connectivity index is 0.000000696. The molecule has 0 atom stereocenters. The van der Waals surface area contributed by atoms with Gasteiger partial charge in [-0.05, 0) is 43.8 Å². The Morgan fingerprint density at radius 1 is 1.21 bits per heavy atom. The van der Waals surface area contributed by atoms with Crippen LogP contribution in [-0.4, -0.2) is 62.2 Å². The Morgan fingerprint density at radius 3 is 2.46 bits per heavy atom. The number of nitrogens with zero attached hydrogens (tertiary/aromatic N) is 2. The van der Waals surface area contributed by atoms with Gasteiger partial charge in [-0.2, -0.15) is 11.8 Å². The zero-order valence-corrected chi connectivity index (χ0v) is 18.9. The van der Waals surface area contributed by atoms with Gasteiger partial charge < -0.3 is 24.9 Å². The van der Waals surface area contributed by atoms with Crippen molar-refractivity contribution in [2.24, 2.45) is 0 Å². The number of fused-ring (bicyclic) bond motifs is 1. The Kier molecular flexibility index (Phi) is 11.4. The largest absolute Gasteiger partial charge is 0.466 e. The fraction of sp³-hybridized carbons (Fsp3) is 0.500. The molecule has 1 aromatic heterocycles. The van der Waals surface area contributed by atoms with E-state index < -0.39 is 7.82 Å². The molecule has 158 valence electrons. The Morgan fingerprint density at radius 2 is 1.86 bits per heavy atom. The van der Waals surface area contributed by atoms with Crippen molar-refractivity contribution in [2.45, 2.75) is 20.8 Å². The molecule has 1 aromatic carbocycles. The maximum absolute atomic E-state index is 8.88. The summed E-state index contributed by atoms with van der Waals surface area (Å²) in [6.07, 6.45) is 1.92. The van der Waals surface area contributed by atoms with Crippen LogP contribution < -0.4 is 5.32 Å². The molecule has 1 heterocycles. The molecule has 0 saturated heterocycles. The molecule has 0 spiro atoms. The van der Waals surface area contributed by atoms with Gasteiger partial charge in [0.05, 0.1) is 5.52 Å². The van der Waals surface area contributed by atoms with Crippen LogP contribution >= 0.6 is 31.2 Å². The summed E-state index contributed by atoms with van der Waals surface area (Å²) >= 11 is 8.14. The molecule has 0 bridgehead atoms. The molecule has 2 aromatic rings. The first-order valence-electron chi connectivity index (χ1n) is 9.02. The number of thioether (sulfide) groups is 1. The molecule has 0 aliphatic heterocycles. The van der Waals surface area contributed by atoms with Gasteiger partial charge in [-0.25, -0.2) is 4.57 Å². The minimum absolute atomic E-state index is 0.751. The molecule has 0 amide bonds. The van der Waals surface area contributed by atoms with Gasteiger partial charge in [-0.1, -0.05) is 25.4 Å². The number of aryl methyl sites for hydroxylation is 1. The van der Waals surface area contributed by atoms with Crippen LogP contribution in [0, 0.1) is 6.92 Å². The molecule has 28 heavy (non-hydrogen) atoms. The van der Waals surface area contributed by atoms with Gasteiger partial charge in [0.15, 0.2) is 0 Å². The third-order valence-corrected chi connectivity index (χ3v) is 5.21. The van der Waals surface area contributed by atoms with Crippen LogP contribution in [-0.2, 0) is 4.57 Å². The van der Waals surface area contributed by atoms with Crippen LogP contribution in [0.2, 0.25) is 5.02 Å². The summed E-state index contributed by atoms with van der Waals surface area (Å²) in [4.78, 5) is 28.5. The van der Waals surface area contributed by atoms with E-state index in [1.807, 2.05) is 36.2 Å². The molecule has 0 fully saturated rings. The van der Waals surface area contributed by atoms with Crippen molar-refractivity contribution in [1.82, 2.24) is 9.88 Å². The average Bonchev–Trinajstić information content (AvgIpc) is 2.61. The third-order valence-electron chi connectivity index (χ3n) is 4.01. The smallest absolute Gasteiger partial charge is 0.383 e. The molecule has 4 N–H and O–H groups in total. The van der Waals surface area contributed by atoms with Crippen molar-refractivity contribution in [3.8, 4) is 0 Å². The summed E-state index contributed by atoms with van der Waals surface area (Å²) in [7, 11) is -4.64. The highest BCUT2D eigenvalue weighted by molar-refractivity contribution is 7.99. The van der Waals surface area contributed by atoms with Crippen molar-refractivity contribution in [3.63, 3.8) is 0 Å². The lowest BCUT2D eigenvalue weighted by Crippen LogP contribution is -2.25. The maximum Gasteiger partial charge on any atom is 0.466 e. The first kappa shape index (κ1) is 25.2. The summed E-state index contributed by atoms with van der Waals surface area (Å²) in [5, 5.41) is 5.42. The summed E-state index contributed by atoms with van der Waals surface area (Å²) in [6.45, 7) is 10.9. The number of rotatable bonds is 9. The van der Waals surface area contributed by atoms with E-state index in [1.165, 1.54) is 12.3 Å². The minimum atomic E-state index is -4.64. The summed E-state index contributed by atoms with van der Waals surface area (Å²) in [5.74, 6) is 2.29. The first-order chi connectivity index (χ1) is 13.2. The minimum Gasteiger partial charge on any atom is -0.383 e. The fourth-order valence-corrected chi connectivity index (χ4v) is 3.59. The lowest BCUT2D eigenvalue weighted by Gasteiger charge is -2.17. The maximum atomic E-state index is 8.88. The van der Waals surface area contributed by atoms with Gasteiger partial charge in [0, 0.05) is 46.9 Å². The lowest BCUT2D eigenvalue weighted by molar-refractivity contribution is 0.275. The van der Waals surface area contributed by atoms with Crippen LogP contribution in [0.4, 0.5) is 5.69 Å². The quantitative estimate of drug-likeness (QED) is 0.339. The molecular formula is C18H29ClN3O4PS. The summed E-state index contributed by atoms with van der Waals surface area (Å²) in [6, 6.07) is 5.85. The Labute approximate surface area is 175 Å². The lowest BCUT2D eigenvalue weighted by atomic mass is 10.1. The zero-order chi connectivity index (χ0) is 21.2. The highest BCUT2D eigenvalue weighted by Gasteiger charge is 2.06. The van der Waals surface area contributed by atoms with Crippen molar-refractivity contribution < 1.29 is 19.2 Å². The second kappa shape index (κ2) is 12.6. The zero-order valence-electron chi connectivity index (χ0n) is 16.4. The van der Waals surface area contributed by atoms with Crippen molar-refractivity contribution in [2.75, 3.05) is 43.0 Å². The molecular weight excluding hydrogens is 421 g/mol. The summed E-state index contributed by atoms with van der Waals surface area (Å²) < 4.78 is 8.88. The third kappa shape index (κ3) is 10.1. The Hall–Kier alpha value is -0.860. The number of pyridine rings is 1. The van der Waals surface area contributed by atoms with E-state index in [9.17, 15) is 0 Å². The van der Waals surface area contributed by atoms with E-state index in [1.54, 1.807) is 0 Å².